The summed E-state index contributed by atoms with van der Waals surface area (Å²) in [6, 6.07) is 6.65. The predicted molar refractivity (Wildman–Crippen MR) is 112 cm³/mol. The molecule has 30 heavy (non-hydrogen) atoms. The molecule has 0 bridgehead atoms. The molecule has 2 aromatic heterocycles. The lowest BCUT2D eigenvalue weighted by Gasteiger charge is -2.17. The maximum Gasteiger partial charge on any atom is 0.255 e. The summed E-state index contributed by atoms with van der Waals surface area (Å²) < 4.78 is 25.0. The molecule has 4 rings (SSSR count). The van der Waals surface area contributed by atoms with Crippen LogP contribution >= 0.6 is 0 Å². The first-order chi connectivity index (χ1) is 14.6. The maximum absolute atomic E-state index is 14.1. The summed E-state index contributed by atoms with van der Waals surface area (Å²) in [7, 11) is 1.61. The van der Waals surface area contributed by atoms with Crippen LogP contribution in [0.25, 0.3) is 11.3 Å². The van der Waals surface area contributed by atoms with Crippen LogP contribution in [-0.4, -0.2) is 42.7 Å². The molecule has 3 N–H and O–H groups in total. The minimum atomic E-state index is -0.317. The van der Waals surface area contributed by atoms with Crippen LogP contribution in [0.15, 0.2) is 36.7 Å². The molecule has 0 saturated heterocycles. The van der Waals surface area contributed by atoms with Gasteiger partial charge in [0.15, 0.2) is 0 Å². The van der Waals surface area contributed by atoms with Gasteiger partial charge in [0.2, 0.25) is 0 Å². The van der Waals surface area contributed by atoms with E-state index in [4.69, 9.17) is 9.47 Å². The number of benzene rings is 1. The van der Waals surface area contributed by atoms with Crippen LogP contribution < -0.4 is 15.4 Å². The van der Waals surface area contributed by atoms with E-state index >= 15 is 0 Å². The van der Waals surface area contributed by atoms with Gasteiger partial charge < -0.3 is 25.1 Å². The molecule has 3 aromatic rings. The Hall–Kier alpha value is -3.39. The Kier molecular flexibility index (Phi) is 5.67. The van der Waals surface area contributed by atoms with Gasteiger partial charge in [0, 0.05) is 48.8 Å². The highest BCUT2D eigenvalue weighted by Crippen LogP contribution is 2.40. The van der Waals surface area contributed by atoms with E-state index in [1.165, 1.54) is 6.07 Å². The number of halogens is 1. The number of carbonyl (C=O) groups is 1. The Bertz CT molecular complexity index is 1080. The smallest absolute Gasteiger partial charge is 0.255 e. The summed E-state index contributed by atoms with van der Waals surface area (Å²) in [6.45, 7) is 3.05. The summed E-state index contributed by atoms with van der Waals surface area (Å²) in [5.74, 6) is 0.0710. The molecule has 1 aliphatic heterocycles. The number of aromatic amines is 1. The molecule has 0 spiro atoms. The van der Waals surface area contributed by atoms with E-state index in [2.05, 4.69) is 20.6 Å². The number of H-pyrrole nitrogens is 1. The topological polar surface area (TPSA) is 88.3 Å². The van der Waals surface area contributed by atoms with Crippen LogP contribution in [0.2, 0.25) is 0 Å². The van der Waals surface area contributed by atoms with Crippen molar-refractivity contribution in [1.29, 1.82) is 0 Å². The second kappa shape index (κ2) is 8.54. The van der Waals surface area contributed by atoms with Gasteiger partial charge in [-0.3, -0.25) is 9.78 Å². The first-order valence-electron chi connectivity index (χ1n) is 9.71. The molecule has 0 radical (unpaired) electrons. The third-order valence-corrected chi connectivity index (χ3v) is 5.09. The molecular weight excluding hydrogens is 387 g/mol. The summed E-state index contributed by atoms with van der Waals surface area (Å²) >= 11 is 0. The number of anilines is 2. The number of ether oxygens (including phenoxy) is 2. The molecule has 3 heterocycles. The van der Waals surface area contributed by atoms with E-state index in [-0.39, 0.29) is 11.7 Å². The summed E-state index contributed by atoms with van der Waals surface area (Å²) in [5.41, 5.74) is 4.44. The van der Waals surface area contributed by atoms with Crippen molar-refractivity contribution in [3.63, 3.8) is 0 Å². The second-order valence-corrected chi connectivity index (χ2v) is 6.98. The average molecular weight is 410 g/mol. The maximum atomic E-state index is 14.1. The van der Waals surface area contributed by atoms with Crippen molar-refractivity contribution in [3.05, 3.63) is 59.3 Å². The fourth-order valence-corrected chi connectivity index (χ4v) is 3.52. The summed E-state index contributed by atoms with van der Waals surface area (Å²) in [6.07, 6.45) is 3.96. The average Bonchev–Trinajstić information content (AvgIpc) is 3.11. The molecule has 7 nitrogen and oxygen atoms in total. The number of hydrogen-bond donors (Lipinski definition) is 3. The van der Waals surface area contributed by atoms with E-state index < -0.39 is 0 Å². The van der Waals surface area contributed by atoms with Crippen molar-refractivity contribution in [2.24, 2.45) is 0 Å². The molecule has 156 valence electrons. The van der Waals surface area contributed by atoms with Crippen molar-refractivity contribution in [2.75, 3.05) is 32.2 Å². The standard InChI is InChI=1S/C22H23FN4O3/c1-13-15(23)4-3-5-16(13)26-21-19-17(7-9-25-22(19)28)27-20(21)14-6-8-24-12-18(14)30-11-10-29-2/h3-6,8,12,26-27H,7,9-11H2,1-2H3,(H,25,28). The van der Waals surface area contributed by atoms with E-state index in [9.17, 15) is 9.18 Å². The number of amides is 1. The molecule has 0 fully saturated rings. The number of rotatable bonds is 7. The number of aromatic nitrogens is 2. The lowest BCUT2D eigenvalue weighted by molar-refractivity contribution is 0.0947. The fourth-order valence-electron chi connectivity index (χ4n) is 3.52. The third-order valence-electron chi connectivity index (χ3n) is 5.09. The number of carbonyl (C=O) groups excluding carboxylic acids is 1. The van der Waals surface area contributed by atoms with Crippen molar-refractivity contribution in [1.82, 2.24) is 15.3 Å². The van der Waals surface area contributed by atoms with Crippen molar-refractivity contribution < 1.29 is 18.7 Å². The van der Waals surface area contributed by atoms with Gasteiger partial charge in [-0.25, -0.2) is 4.39 Å². The molecular formula is C22H23FN4O3. The molecule has 0 saturated carbocycles. The van der Waals surface area contributed by atoms with Gasteiger partial charge in [0.1, 0.15) is 18.2 Å². The molecule has 1 aliphatic rings. The molecule has 1 amide bonds. The van der Waals surface area contributed by atoms with Gasteiger partial charge >= 0.3 is 0 Å². The van der Waals surface area contributed by atoms with Gasteiger partial charge in [0.05, 0.1) is 29.7 Å². The van der Waals surface area contributed by atoms with Gasteiger partial charge in [-0.1, -0.05) is 6.07 Å². The quantitative estimate of drug-likeness (QED) is 0.518. The number of hydrogen-bond acceptors (Lipinski definition) is 5. The molecule has 0 atom stereocenters. The Balaban J connectivity index is 1.83. The van der Waals surface area contributed by atoms with Gasteiger partial charge in [-0.05, 0) is 25.1 Å². The van der Waals surface area contributed by atoms with E-state index in [0.29, 0.717) is 60.1 Å². The summed E-state index contributed by atoms with van der Waals surface area (Å²) in [5, 5.41) is 6.16. The van der Waals surface area contributed by atoms with Crippen molar-refractivity contribution in [2.45, 2.75) is 13.3 Å². The zero-order valence-corrected chi connectivity index (χ0v) is 16.8. The Labute approximate surface area is 173 Å². The minimum Gasteiger partial charge on any atom is -0.489 e. The first-order valence-corrected chi connectivity index (χ1v) is 9.71. The zero-order chi connectivity index (χ0) is 21.1. The van der Waals surface area contributed by atoms with Crippen LogP contribution in [-0.2, 0) is 11.2 Å². The molecule has 8 heteroatoms. The SMILES string of the molecule is COCCOc1cnccc1-c1[nH]c2c(c1Nc1cccc(F)c1C)C(=O)NCC2. The van der Waals surface area contributed by atoms with Crippen LogP contribution in [0, 0.1) is 12.7 Å². The van der Waals surface area contributed by atoms with Crippen molar-refractivity contribution in [3.8, 4) is 17.0 Å². The monoisotopic (exact) mass is 410 g/mol. The number of nitrogens with zero attached hydrogens (tertiary/aromatic N) is 1. The van der Waals surface area contributed by atoms with Crippen LogP contribution in [0.4, 0.5) is 15.8 Å². The van der Waals surface area contributed by atoms with E-state index in [1.807, 2.05) is 6.07 Å². The normalized spacial score (nSPS) is 13.0. The number of methoxy groups -OCH3 is 1. The largest absolute Gasteiger partial charge is 0.489 e. The highest BCUT2D eigenvalue weighted by atomic mass is 19.1. The molecule has 1 aromatic carbocycles. The Morgan fingerprint density at radius 1 is 1.27 bits per heavy atom. The zero-order valence-electron chi connectivity index (χ0n) is 16.8. The fraction of sp³-hybridized carbons (Fsp3) is 0.273. The van der Waals surface area contributed by atoms with E-state index in [1.54, 1.807) is 38.6 Å². The third kappa shape index (κ3) is 3.73. The molecule has 0 aliphatic carbocycles. The van der Waals surface area contributed by atoms with Gasteiger partial charge in [-0.15, -0.1) is 0 Å². The Morgan fingerprint density at radius 2 is 2.13 bits per heavy atom. The Morgan fingerprint density at radius 3 is 2.97 bits per heavy atom. The lowest BCUT2D eigenvalue weighted by Crippen LogP contribution is -2.31. The van der Waals surface area contributed by atoms with Crippen LogP contribution in [0.1, 0.15) is 21.6 Å². The van der Waals surface area contributed by atoms with Crippen molar-refractivity contribution >= 4 is 17.3 Å². The van der Waals surface area contributed by atoms with Crippen LogP contribution in [0.3, 0.4) is 0 Å². The first kappa shape index (κ1) is 19.9. The highest BCUT2D eigenvalue weighted by molar-refractivity contribution is 6.06. The lowest BCUT2D eigenvalue weighted by atomic mass is 10.0. The predicted octanol–water partition coefficient (Wildman–Crippen LogP) is 3.58. The van der Waals surface area contributed by atoms with E-state index in [0.717, 1.165) is 11.3 Å². The number of fused-ring (bicyclic) bond motifs is 1. The number of pyridine rings is 1. The minimum absolute atomic E-state index is 0.175. The van der Waals surface area contributed by atoms with Gasteiger partial charge in [0.25, 0.3) is 5.91 Å². The molecule has 0 unspecified atom stereocenters. The second-order valence-electron chi connectivity index (χ2n) is 6.98. The van der Waals surface area contributed by atoms with Crippen LogP contribution in [0.5, 0.6) is 5.75 Å². The van der Waals surface area contributed by atoms with Gasteiger partial charge in [-0.2, -0.15) is 0 Å². The highest BCUT2D eigenvalue weighted by Gasteiger charge is 2.28. The summed E-state index contributed by atoms with van der Waals surface area (Å²) in [4.78, 5) is 20.2. The number of nitrogens with one attached hydrogen (secondary N) is 3.